The van der Waals surface area contributed by atoms with Gasteiger partial charge < -0.3 is 15.0 Å². The second-order valence-corrected chi connectivity index (χ2v) is 6.30. The van der Waals surface area contributed by atoms with Gasteiger partial charge >= 0.3 is 0 Å². The van der Waals surface area contributed by atoms with Crippen LogP contribution in [0.25, 0.3) is 0 Å². The normalized spacial score (nSPS) is 12.9. The van der Waals surface area contributed by atoms with Crippen LogP contribution in [0.4, 0.5) is 0 Å². The molecule has 0 aliphatic carbocycles. The molecule has 2 rings (SSSR count). The average molecular weight is 308 g/mol. The zero-order chi connectivity index (χ0) is 15.4. The molecule has 21 heavy (non-hydrogen) atoms. The Bertz CT molecular complexity index is 562. The number of aromatic nitrogens is 2. The van der Waals surface area contributed by atoms with Crippen molar-refractivity contribution in [2.45, 2.75) is 19.5 Å². The number of nitrogens with zero attached hydrogens (tertiary/aromatic N) is 3. The van der Waals surface area contributed by atoms with Crippen LogP contribution in [0.15, 0.2) is 17.5 Å². The second-order valence-electron chi connectivity index (χ2n) is 5.32. The van der Waals surface area contributed by atoms with Crippen LogP contribution in [0.3, 0.4) is 0 Å². The van der Waals surface area contributed by atoms with Crippen molar-refractivity contribution >= 4 is 11.3 Å². The van der Waals surface area contributed by atoms with E-state index in [-0.39, 0.29) is 0 Å². The van der Waals surface area contributed by atoms with E-state index in [0.717, 1.165) is 30.2 Å². The third-order valence-corrected chi connectivity index (χ3v) is 4.59. The first-order chi connectivity index (χ1) is 10.0. The van der Waals surface area contributed by atoms with E-state index >= 15 is 0 Å². The van der Waals surface area contributed by atoms with Gasteiger partial charge in [0, 0.05) is 25.0 Å². The zero-order valence-electron chi connectivity index (χ0n) is 13.4. The Hall–Kier alpha value is -1.37. The van der Waals surface area contributed by atoms with Gasteiger partial charge in [0.2, 0.25) is 5.88 Å². The largest absolute Gasteiger partial charge is 0.481 e. The highest BCUT2D eigenvalue weighted by Gasteiger charge is 2.17. The first kappa shape index (κ1) is 16.0. The lowest BCUT2D eigenvalue weighted by atomic mass is 10.2. The predicted octanol–water partition coefficient (Wildman–Crippen LogP) is 2.19. The quantitative estimate of drug-likeness (QED) is 0.851. The summed E-state index contributed by atoms with van der Waals surface area (Å²) in [4.78, 5) is 3.62. The first-order valence-electron chi connectivity index (χ1n) is 7.01. The van der Waals surface area contributed by atoms with E-state index in [1.807, 2.05) is 14.0 Å². The fourth-order valence-corrected chi connectivity index (χ4v) is 3.41. The van der Waals surface area contributed by atoms with E-state index in [1.165, 1.54) is 4.88 Å². The Morgan fingerprint density at radius 2 is 2.24 bits per heavy atom. The summed E-state index contributed by atoms with van der Waals surface area (Å²) < 4.78 is 7.21. The minimum atomic E-state index is 0.382. The van der Waals surface area contributed by atoms with Gasteiger partial charge in [0.05, 0.1) is 24.4 Å². The highest BCUT2D eigenvalue weighted by molar-refractivity contribution is 7.10. The number of ether oxygens (including phenoxy) is 1. The fourth-order valence-electron chi connectivity index (χ4n) is 2.49. The summed E-state index contributed by atoms with van der Waals surface area (Å²) in [5, 5.41) is 10.1. The van der Waals surface area contributed by atoms with E-state index in [4.69, 9.17) is 4.74 Å². The summed E-state index contributed by atoms with van der Waals surface area (Å²) >= 11 is 1.80. The smallest absolute Gasteiger partial charge is 0.216 e. The number of hydrogen-bond donors (Lipinski definition) is 1. The number of likely N-dealkylation sites (N-methyl/N-ethyl adjacent to an activating group) is 1. The Morgan fingerprint density at radius 1 is 1.48 bits per heavy atom. The maximum absolute atomic E-state index is 5.43. The Kier molecular flexibility index (Phi) is 5.39. The Balaban J connectivity index is 2.00. The molecule has 0 radical (unpaired) electrons. The number of hydrogen-bond acceptors (Lipinski definition) is 5. The highest BCUT2D eigenvalue weighted by Crippen LogP contribution is 2.24. The molecule has 0 aliphatic heterocycles. The van der Waals surface area contributed by atoms with Crippen molar-refractivity contribution in [2.24, 2.45) is 7.05 Å². The van der Waals surface area contributed by atoms with Crippen LogP contribution in [0.5, 0.6) is 5.88 Å². The predicted molar refractivity (Wildman–Crippen MR) is 87.0 cm³/mol. The van der Waals surface area contributed by atoms with Gasteiger partial charge in [0.25, 0.3) is 0 Å². The molecule has 5 nitrogen and oxygen atoms in total. The van der Waals surface area contributed by atoms with Crippen molar-refractivity contribution in [3.63, 3.8) is 0 Å². The maximum atomic E-state index is 5.43. The van der Waals surface area contributed by atoms with E-state index in [1.54, 1.807) is 23.1 Å². The molecule has 0 bridgehead atoms. The molecule has 0 amide bonds. The molecule has 0 saturated carbocycles. The van der Waals surface area contributed by atoms with Gasteiger partial charge in [0.1, 0.15) is 0 Å². The van der Waals surface area contributed by atoms with Crippen LogP contribution < -0.4 is 10.1 Å². The summed E-state index contributed by atoms with van der Waals surface area (Å²) in [5.41, 5.74) is 2.14. The molecule has 0 unspecified atom stereocenters. The van der Waals surface area contributed by atoms with Gasteiger partial charge in [-0.2, -0.15) is 5.10 Å². The number of rotatable bonds is 7. The molecule has 1 N–H and O–H groups in total. The van der Waals surface area contributed by atoms with Crippen molar-refractivity contribution in [3.05, 3.63) is 33.6 Å². The van der Waals surface area contributed by atoms with Crippen LogP contribution in [0, 0.1) is 6.92 Å². The topological polar surface area (TPSA) is 42.3 Å². The lowest BCUT2D eigenvalue weighted by Gasteiger charge is -2.23. The van der Waals surface area contributed by atoms with Gasteiger partial charge in [-0.25, -0.2) is 4.68 Å². The van der Waals surface area contributed by atoms with Gasteiger partial charge in [-0.1, -0.05) is 6.07 Å². The van der Waals surface area contributed by atoms with Crippen LogP contribution in [0.1, 0.15) is 22.2 Å². The van der Waals surface area contributed by atoms with Crippen LogP contribution in [0.2, 0.25) is 0 Å². The average Bonchev–Trinajstić information content (AvgIpc) is 3.03. The number of aryl methyl sites for hydroxylation is 2. The van der Waals surface area contributed by atoms with Crippen molar-refractivity contribution < 1.29 is 4.74 Å². The van der Waals surface area contributed by atoms with Crippen LogP contribution in [-0.2, 0) is 13.6 Å². The minimum Gasteiger partial charge on any atom is -0.481 e. The maximum Gasteiger partial charge on any atom is 0.216 e. The van der Waals surface area contributed by atoms with Gasteiger partial charge in [-0.05, 0) is 32.5 Å². The molecule has 0 fully saturated rings. The third-order valence-electron chi connectivity index (χ3n) is 3.62. The highest BCUT2D eigenvalue weighted by atomic mass is 32.1. The van der Waals surface area contributed by atoms with Crippen molar-refractivity contribution in [1.82, 2.24) is 20.0 Å². The number of thiophene rings is 1. The number of methoxy groups -OCH3 is 1. The Morgan fingerprint density at radius 3 is 2.81 bits per heavy atom. The van der Waals surface area contributed by atoms with Gasteiger partial charge in [-0.15, -0.1) is 11.3 Å². The standard InChI is InChI=1S/C15H24N4OS/c1-11-12(15(20-5)19(4)17-11)9-16-10-13(18(2)3)14-7-6-8-21-14/h6-8,13,16H,9-10H2,1-5H3/t13-/m1/s1. The van der Waals surface area contributed by atoms with Crippen molar-refractivity contribution in [1.29, 1.82) is 0 Å². The fraction of sp³-hybridized carbons (Fsp3) is 0.533. The van der Waals surface area contributed by atoms with E-state index in [9.17, 15) is 0 Å². The molecule has 2 aromatic rings. The summed E-state index contributed by atoms with van der Waals surface area (Å²) in [7, 11) is 7.82. The van der Waals surface area contributed by atoms with E-state index in [0.29, 0.717) is 6.04 Å². The molecule has 2 heterocycles. The van der Waals surface area contributed by atoms with Crippen molar-refractivity contribution in [2.75, 3.05) is 27.7 Å². The molecule has 0 aliphatic rings. The zero-order valence-corrected chi connectivity index (χ0v) is 14.2. The molecule has 116 valence electrons. The molecule has 1 atom stereocenters. The molecule has 2 aromatic heterocycles. The van der Waals surface area contributed by atoms with Crippen LogP contribution >= 0.6 is 11.3 Å². The second kappa shape index (κ2) is 7.06. The van der Waals surface area contributed by atoms with Crippen molar-refractivity contribution in [3.8, 4) is 5.88 Å². The SMILES string of the molecule is COc1c(CNC[C@H](c2cccs2)N(C)C)c(C)nn1C. The van der Waals surface area contributed by atoms with Crippen LogP contribution in [-0.4, -0.2) is 42.4 Å². The third kappa shape index (κ3) is 3.64. The Labute approximate surface area is 130 Å². The van der Waals surface area contributed by atoms with E-state index in [2.05, 4.69) is 46.9 Å². The molecule has 0 saturated heterocycles. The summed E-state index contributed by atoms with van der Waals surface area (Å²) in [6.07, 6.45) is 0. The molecule has 6 heteroatoms. The lowest BCUT2D eigenvalue weighted by Crippen LogP contribution is -2.30. The first-order valence-corrected chi connectivity index (χ1v) is 7.89. The van der Waals surface area contributed by atoms with Gasteiger partial charge in [-0.3, -0.25) is 0 Å². The van der Waals surface area contributed by atoms with E-state index < -0.39 is 0 Å². The van der Waals surface area contributed by atoms with Gasteiger partial charge in [0.15, 0.2) is 0 Å². The molecular formula is C15H24N4OS. The monoisotopic (exact) mass is 308 g/mol. The molecule has 0 spiro atoms. The molecule has 0 aromatic carbocycles. The summed E-state index contributed by atoms with van der Waals surface area (Å²) in [5.74, 6) is 0.831. The number of nitrogens with one attached hydrogen (secondary N) is 1. The molecular weight excluding hydrogens is 284 g/mol. The summed E-state index contributed by atoms with van der Waals surface area (Å²) in [6, 6.07) is 4.67. The minimum absolute atomic E-state index is 0.382. The summed E-state index contributed by atoms with van der Waals surface area (Å²) in [6.45, 7) is 3.67. The lowest BCUT2D eigenvalue weighted by molar-refractivity contribution is 0.291.